The highest BCUT2D eigenvalue weighted by atomic mass is 16.1. The van der Waals surface area contributed by atoms with Crippen LogP contribution in [0.15, 0.2) is 42.9 Å². The summed E-state index contributed by atoms with van der Waals surface area (Å²) in [5, 5.41) is 4.31. The maximum absolute atomic E-state index is 10.7. The highest BCUT2D eigenvalue weighted by Gasteiger charge is 2.06. The van der Waals surface area contributed by atoms with Crippen LogP contribution in [0.5, 0.6) is 0 Å². The zero-order valence-electron chi connectivity index (χ0n) is 8.82. The SMILES string of the molecule is O=Cc1ccn2nc(-c3cccnc3)nc2c1. The van der Waals surface area contributed by atoms with Gasteiger partial charge < -0.3 is 0 Å². The van der Waals surface area contributed by atoms with E-state index >= 15 is 0 Å². The number of pyridine rings is 2. The summed E-state index contributed by atoms with van der Waals surface area (Å²) in [6.07, 6.45) is 5.91. The number of carbonyl (C=O) groups is 1. The average Bonchev–Trinajstić information content (AvgIpc) is 2.82. The van der Waals surface area contributed by atoms with Gasteiger partial charge in [0.2, 0.25) is 0 Å². The molecule has 0 saturated carbocycles. The Labute approximate surface area is 96.8 Å². The Morgan fingerprint density at radius 1 is 1.29 bits per heavy atom. The summed E-state index contributed by atoms with van der Waals surface area (Å²) in [7, 11) is 0. The van der Waals surface area contributed by atoms with E-state index in [1.54, 1.807) is 35.2 Å². The summed E-state index contributed by atoms with van der Waals surface area (Å²) in [4.78, 5) is 19.0. The number of fused-ring (bicyclic) bond motifs is 1. The number of aldehydes is 1. The number of nitrogens with zero attached hydrogens (tertiary/aromatic N) is 4. The average molecular weight is 224 g/mol. The van der Waals surface area contributed by atoms with E-state index in [1.807, 2.05) is 12.1 Å². The third-order valence-electron chi connectivity index (χ3n) is 2.42. The molecule has 3 aromatic heterocycles. The Hall–Kier alpha value is -2.56. The lowest BCUT2D eigenvalue weighted by molar-refractivity contribution is 0.112. The first-order valence-corrected chi connectivity index (χ1v) is 5.09. The fourth-order valence-electron chi connectivity index (χ4n) is 1.59. The van der Waals surface area contributed by atoms with Crippen molar-refractivity contribution in [3.63, 3.8) is 0 Å². The Balaban J connectivity index is 2.17. The molecule has 3 rings (SSSR count). The molecule has 0 aliphatic rings. The molecule has 82 valence electrons. The molecular formula is C12H8N4O. The molecule has 0 unspecified atom stereocenters. The van der Waals surface area contributed by atoms with Crippen LogP contribution < -0.4 is 0 Å². The lowest BCUT2D eigenvalue weighted by Crippen LogP contribution is -1.88. The minimum absolute atomic E-state index is 0.586. The van der Waals surface area contributed by atoms with Crippen molar-refractivity contribution in [1.82, 2.24) is 19.6 Å². The van der Waals surface area contributed by atoms with Gasteiger partial charge in [-0.2, -0.15) is 0 Å². The Morgan fingerprint density at radius 3 is 3.00 bits per heavy atom. The molecule has 0 N–H and O–H groups in total. The first-order chi connectivity index (χ1) is 8.36. The van der Waals surface area contributed by atoms with E-state index in [2.05, 4.69) is 15.1 Å². The van der Waals surface area contributed by atoms with Gasteiger partial charge in [-0.15, -0.1) is 5.10 Å². The van der Waals surface area contributed by atoms with Gasteiger partial charge in [0, 0.05) is 29.7 Å². The van der Waals surface area contributed by atoms with Gasteiger partial charge in [0.05, 0.1) is 0 Å². The Bertz CT molecular complexity index is 675. The van der Waals surface area contributed by atoms with Crippen molar-refractivity contribution in [3.05, 3.63) is 48.4 Å². The third-order valence-corrected chi connectivity index (χ3v) is 2.42. The van der Waals surface area contributed by atoms with Gasteiger partial charge in [0.1, 0.15) is 6.29 Å². The van der Waals surface area contributed by atoms with Crippen molar-refractivity contribution in [2.24, 2.45) is 0 Å². The van der Waals surface area contributed by atoms with Crippen molar-refractivity contribution >= 4 is 11.9 Å². The fraction of sp³-hybridized carbons (Fsp3) is 0. The second-order valence-corrected chi connectivity index (χ2v) is 3.56. The van der Waals surface area contributed by atoms with Gasteiger partial charge >= 0.3 is 0 Å². The predicted molar refractivity (Wildman–Crippen MR) is 61.6 cm³/mol. The molecule has 0 saturated heterocycles. The van der Waals surface area contributed by atoms with Gasteiger partial charge in [0.25, 0.3) is 0 Å². The zero-order valence-corrected chi connectivity index (χ0v) is 8.82. The largest absolute Gasteiger partial charge is 0.298 e. The molecule has 0 atom stereocenters. The topological polar surface area (TPSA) is 60.2 Å². The molecule has 0 spiro atoms. The fourth-order valence-corrected chi connectivity index (χ4v) is 1.59. The molecular weight excluding hydrogens is 216 g/mol. The van der Waals surface area contributed by atoms with Gasteiger partial charge in [0.15, 0.2) is 11.5 Å². The number of aromatic nitrogens is 4. The lowest BCUT2D eigenvalue weighted by atomic mass is 10.3. The number of hydrogen-bond donors (Lipinski definition) is 0. The molecule has 0 aliphatic carbocycles. The first kappa shape index (κ1) is 9.65. The van der Waals surface area contributed by atoms with E-state index in [4.69, 9.17) is 0 Å². The van der Waals surface area contributed by atoms with Crippen LogP contribution in [0.2, 0.25) is 0 Å². The maximum atomic E-state index is 10.7. The summed E-state index contributed by atoms with van der Waals surface area (Å²) < 4.78 is 1.63. The summed E-state index contributed by atoms with van der Waals surface area (Å²) in [5.74, 6) is 0.598. The van der Waals surface area contributed by atoms with Crippen molar-refractivity contribution in [1.29, 1.82) is 0 Å². The van der Waals surface area contributed by atoms with Gasteiger partial charge in [-0.1, -0.05) is 0 Å². The van der Waals surface area contributed by atoms with Crippen molar-refractivity contribution in [2.75, 3.05) is 0 Å². The van der Waals surface area contributed by atoms with Crippen LogP contribution >= 0.6 is 0 Å². The molecule has 0 fully saturated rings. The van der Waals surface area contributed by atoms with E-state index in [1.165, 1.54) is 0 Å². The Kier molecular flexibility index (Phi) is 2.15. The van der Waals surface area contributed by atoms with E-state index < -0.39 is 0 Å². The summed E-state index contributed by atoms with van der Waals surface area (Å²) >= 11 is 0. The molecule has 17 heavy (non-hydrogen) atoms. The monoisotopic (exact) mass is 224 g/mol. The molecule has 3 heterocycles. The van der Waals surface area contributed by atoms with Crippen molar-refractivity contribution < 1.29 is 4.79 Å². The van der Waals surface area contributed by atoms with E-state index in [9.17, 15) is 4.79 Å². The van der Waals surface area contributed by atoms with Crippen molar-refractivity contribution in [2.45, 2.75) is 0 Å². The maximum Gasteiger partial charge on any atom is 0.183 e. The van der Waals surface area contributed by atoms with Crippen LogP contribution in [0.1, 0.15) is 10.4 Å². The minimum Gasteiger partial charge on any atom is -0.298 e. The Morgan fingerprint density at radius 2 is 2.24 bits per heavy atom. The second-order valence-electron chi connectivity index (χ2n) is 3.56. The highest BCUT2D eigenvalue weighted by Crippen LogP contribution is 2.14. The van der Waals surface area contributed by atoms with Crippen molar-refractivity contribution in [3.8, 4) is 11.4 Å². The highest BCUT2D eigenvalue weighted by molar-refractivity contribution is 5.76. The van der Waals surface area contributed by atoms with Crippen LogP contribution in [0.3, 0.4) is 0 Å². The molecule has 0 amide bonds. The second kappa shape index (κ2) is 3.79. The number of carbonyl (C=O) groups excluding carboxylic acids is 1. The number of rotatable bonds is 2. The van der Waals surface area contributed by atoms with Crippen LogP contribution in [-0.2, 0) is 0 Å². The third kappa shape index (κ3) is 1.67. The smallest absolute Gasteiger partial charge is 0.183 e. The van der Waals surface area contributed by atoms with E-state index in [0.29, 0.717) is 17.0 Å². The normalized spacial score (nSPS) is 10.6. The molecule has 0 radical (unpaired) electrons. The standard InChI is InChI=1S/C12H8N4O/c17-8-9-3-5-16-11(6-9)14-12(15-16)10-2-1-4-13-7-10/h1-8H. The minimum atomic E-state index is 0.586. The first-order valence-electron chi connectivity index (χ1n) is 5.09. The number of hydrogen-bond acceptors (Lipinski definition) is 4. The van der Waals surface area contributed by atoms with Crippen LogP contribution in [0, 0.1) is 0 Å². The van der Waals surface area contributed by atoms with Gasteiger partial charge in [-0.25, -0.2) is 9.50 Å². The molecule has 0 bridgehead atoms. The van der Waals surface area contributed by atoms with Crippen LogP contribution in [0.25, 0.3) is 17.0 Å². The molecule has 5 heteroatoms. The van der Waals surface area contributed by atoms with Gasteiger partial charge in [-0.05, 0) is 24.3 Å². The molecule has 0 aromatic carbocycles. The summed E-state index contributed by atoms with van der Waals surface area (Å²) in [6.45, 7) is 0. The molecule has 0 aliphatic heterocycles. The summed E-state index contributed by atoms with van der Waals surface area (Å²) in [5.41, 5.74) is 2.08. The van der Waals surface area contributed by atoms with E-state index in [0.717, 1.165) is 11.8 Å². The van der Waals surface area contributed by atoms with Crippen LogP contribution in [-0.4, -0.2) is 25.9 Å². The van der Waals surface area contributed by atoms with Gasteiger partial charge in [-0.3, -0.25) is 9.78 Å². The van der Waals surface area contributed by atoms with E-state index in [-0.39, 0.29) is 0 Å². The lowest BCUT2D eigenvalue weighted by Gasteiger charge is -1.90. The molecule has 3 aromatic rings. The van der Waals surface area contributed by atoms with Crippen LogP contribution in [0.4, 0.5) is 0 Å². The quantitative estimate of drug-likeness (QED) is 0.620. The molecule has 5 nitrogen and oxygen atoms in total. The summed E-state index contributed by atoms with van der Waals surface area (Å²) in [6, 6.07) is 7.11. The predicted octanol–water partition coefficient (Wildman–Crippen LogP) is 1.60. The zero-order chi connectivity index (χ0) is 11.7.